The van der Waals surface area contributed by atoms with Gasteiger partial charge in [0.15, 0.2) is 0 Å². The van der Waals surface area contributed by atoms with E-state index in [1.54, 1.807) is 12.1 Å². The standard InChI is InChI=1S/C12H14FNO/c13-10-5-7-11(8-6-10)14-12(15)9-3-1-2-4-9/h5-9H,1-4H2,(H,14,15). The van der Waals surface area contributed by atoms with Crippen molar-refractivity contribution in [2.24, 2.45) is 5.92 Å². The zero-order valence-electron chi connectivity index (χ0n) is 8.50. The van der Waals surface area contributed by atoms with Crippen LogP contribution in [0.2, 0.25) is 0 Å². The predicted molar refractivity (Wildman–Crippen MR) is 57.0 cm³/mol. The average molecular weight is 207 g/mol. The first kappa shape index (κ1) is 10.1. The topological polar surface area (TPSA) is 29.1 Å². The normalized spacial score (nSPS) is 16.6. The Kier molecular flexibility index (Phi) is 2.99. The van der Waals surface area contributed by atoms with Crippen LogP contribution in [0.4, 0.5) is 10.1 Å². The Morgan fingerprint density at radius 1 is 1.20 bits per heavy atom. The fraction of sp³-hybridized carbons (Fsp3) is 0.417. The van der Waals surface area contributed by atoms with Gasteiger partial charge in [-0.2, -0.15) is 0 Å². The Hall–Kier alpha value is -1.38. The third kappa shape index (κ3) is 2.55. The summed E-state index contributed by atoms with van der Waals surface area (Å²) in [6.45, 7) is 0. The van der Waals surface area contributed by atoms with Gasteiger partial charge < -0.3 is 5.32 Å². The highest BCUT2D eigenvalue weighted by atomic mass is 19.1. The van der Waals surface area contributed by atoms with Gasteiger partial charge in [-0.3, -0.25) is 4.79 Å². The molecule has 1 aliphatic rings. The molecule has 0 atom stereocenters. The Balaban J connectivity index is 1.96. The molecule has 2 nitrogen and oxygen atoms in total. The van der Waals surface area contributed by atoms with Gasteiger partial charge >= 0.3 is 0 Å². The van der Waals surface area contributed by atoms with E-state index in [2.05, 4.69) is 5.32 Å². The molecule has 0 unspecified atom stereocenters. The van der Waals surface area contributed by atoms with Crippen molar-refractivity contribution in [2.75, 3.05) is 5.32 Å². The number of halogens is 1. The van der Waals surface area contributed by atoms with Gasteiger partial charge in [0.1, 0.15) is 5.82 Å². The fourth-order valence-electron chi connectivity index (χ4n) is 1.97. The maximum absolute atomic E-state index is 12.6. The summed E-state index contributed by atoms with van der Waals surface area (Å²) >= 11 is 0. The molecule has 0 heterocycles. The van der Waals surface area contributed by atoms with Crippen LogP contribution in [-0.4, -0.2) is 5.91 Å². The highest BCUT2D eigenvalue weighted by Gasteiger charge is 2.22. The maximum atomic E-state index is 12.6. The van der Waals surface area contributed by atoms with E-state index >= 15 is 0 Å². The molecule has 1 aromatic carbocycles. The summed E-state index contributed by atoms with van der Waals surface area (Å²) in [7, 11) is 0. The van der Waals surface area contributed by atoms with Crippen molar-refractivity contribution in [3.8, 4) is 0 Å². The predicted octanol–water partition coefficient (Wildman–Crippen LogP) is 2.95. The first-order chi connectivity index (χ1) is 7.25. The van der Waals surface area contributed by atoms with Crippen molar-refractivity contribution in [3.63, 3.8) is 0 Å². The van der Waals surface area contributed by atoms with Crippen molar-refractivity contribution in [1.29, 1.82) is 0 Å². The van der Waals surface area contributed by atoms with E-state index in [9.17, 15) is 9.18 Å². The number of nitrogens with one attached hydrogen (secondary N) is 1. The molecule has 0 spiro atoms. The quantitative estimate of drug-likeness (QED) is 0.793. The molecule has 1 saturated carbocycles. The monoisotopic (exact) mass is 207 g/mol. The molecule has 1 aliphatic carbocycles. The van der Waals surface area contributed by atoms with Crippen LogP contribution in [0.3, 0.4) is 0 Å². The molecule has 80 valence electrons. The second-order valence-electron chi connectivity index (χ2n) is 3.98. The van der Waals surface area contributed by atoms with Crippen LogP contribution in [0, 0.1) is 11.7 Å². The van der Waals surface area contributed by atoms with Gasteiger partial charge in [-0.25, -0.2) is 4.39 Å². The molecular weight excluding hydrogens is 193 g/mol. The van der Waals surface area contributed by atoms with Gasteiger partial charge in [-0.05, 0) is 37.1 Å². The molecule has 1 N–H and O–H groups in total. The second-order valence-corrected chi connectivity index (χ2v) is 3.98. The van der Waals surface area contributed by atoms with E-state index in [1.807, 2.05) is 0 Å². The minimum atomic E-state index is -0.283. The van der Waals surface area contributed by atoms with Gasteiger partial charge in [0.05, 0.1) is 0 Å². The van der Waals surface area contributed by atoms with Gasteiger partial charge in [0, 0.05) is 11.6 Å². The van der Waals surface area contributed by atoms with Crippen LogP contribution < -0.4 is 5.32 Å². The van der Waals surface area contributed by atoms with Crippen molar-refractivity contribution in [1.82, 2.24) is 0 Å². The summed E-state index contributed by atoms with van der Waals surface area (Å²) in [5, 5.41) is 2.81. The van der Waals surface area contributed by atoms with E-state index in [0.717, 1.165) is 25.7 Å². The third-order valence-electron chi connectivity index (χ3n) is 2.84. The van der Waals surface area contributed by atoms with Crippen LogP contribution in [0.5, 0.6) is 0 Å². The fourth-order valence-corrected chi connectivity index (χ4v) is 1.97. The Bertz CT molecular complexity index is 341. The summed E-state index contributed by atoms with van der Waals surface area (Å²) < 4.78 is 12.6. The molecule has 2 rings (SSSR count). The van der Waals surface area contributed by atoms with Crippen molar-refractivity contribution in [2.45, 2.75) is 25.7 Å². The Morgan fingerprint density at radius 2 is 1.80 bits per heavy atom. The molecule has 0 aromatic heterocycles. The number of rotatable bonds is 2. The van der Waals surface area contributed by atoms with E-state index in [1.165, 1.54) is 12.1 Å². The molecule has 3 heteroatoms. The summed E-state index contributed by atoms with van der Waals surface area (Å²) in [5.41, 5.74) is 0.674. The molecule has 1 amide bonds. The van der Waals surface area contributed by atoms with Crippen LogP contribution in [-0.2, 0) is 4.79 Å². The average Bonchev–Trinajstić information content (AvgIpc) is 2.74. The van der Waals surface area contributed by atoms with E-state index in [0.29, 0.717) is 5.69 Å². The number of benzene rings is 1. The summed E-state index contributed by atoms with van der Waals surface area (Å²) in [5.74, 6) is -0.0666. The van der Waals surface area contributed by atoms with E-state index in [-0.39, 0.29) is 17.6 Å². The molecule has 0 saturated heterocycles. The molecular formula is C12H14FNO. The lowest BCUT2D eigenvalue weighted by Crippen LogP contribution is -2.20. The number of anilines is 1. The van der Waals surface area contributed by atoms with Gasteiger partial charge in [-0.1, -0.05) is 12.8 Å². The number of hydrogen-bond acceptors (Lipinski definition) is 1. The lowest BCUT2D eigenvalue weighted by atomic mass is 10.1. The van der Waals surface area contributed by atoms with Crippen molar-refractivity contribution >= 4 is 11.6 Å². The smallest absolute Gasteiger partial charge is 0.227 e. The first-order valence-corrected chi connectivity index (χ1v) is 5.32. The molecule has 1 aromatic rings. The molecule has 1 fully saturated rings. The molecule has 15 heavy (non-hydrogen) atoms. The molecule has 0 bridgehead atoms. The van der Waals surface area contributed by atoms with Crippen LogP contribution in [0.1, 0.15) is 25.7 Å². The highest BCUT2D eigenvalue weighted by Crippen LogP contribution is 2.25. The van der Waals surface area contributed by atoms with Gasteiger partial charge in [-0.15, -0.1) is 0 Å². The lowest BCUT2D eigenvalue weighted by molar-refractivity contribution is -0.119. The van der Waals surface area contributed by atoms with Gasteiger partial charge in [0.25, 0.3) is 0 Å². The zero-order chi connectivity index (χ0) is 10.7. The van der Waals surface area contributed by atoms with Gasteiger partial charge in [0.2, 0.25) is 5.91 Å². The largest absolute Gasteiger partial charge is 0.326 e. The first-order valence-electron chi connectivity index (χ1n) is 5.32. The third-order valence-corrected chi connectivity index (χ3v) is 2.84. The lowest BCUT2D eigenvalue weighted by Gasteiger charge is -2.09. The van der Waals surface area contributed by atoms with Crippen molar-refractivity contribution in [3.05, 3.63) is 30.1 Å². The second kappa shape index (κ2) is 4.43. The number of amides is 1. The van der Waals surface area contributed by atoms with Crippen LogP contribution >= 0.6 is 0 Å². The number of hydrogen-bond donors (Lipinski definition) is 1. The Labute approximate surface area is 88.5 Å². The van der Waals surface area contributed by atoms with E-state index in [4.69, 9.17) is 0 Å². The Morgan fingerprint density at radius 3 is 2.40 bits per heavy atom. The summed E-state index contributed by atoms with van der Waals surface area (Å²) in [6, 6.07) is 5.87. The summed E-state index contributed by atoms with van der Waals surface area (Å²) in [4.78, 5) is 11.7. The maximum Gasteiger partial charge on any atom is 0.227 e. The van der Waals surface area contributed by atoms with E-state index < -0.39 is 0 Å². The number of carbonyl (C=O) groups is 1. The van der Waals surface area contributed by atoms with Crippen molar-refractivity contribution < 1.29 is 9.18 Å². The van der Waals surface area contributed by atoms with Crippen LogP contribution in [0.15, 0.2) is 24.3 Å². The minimum absolute atomic E-state index is 0.0686. The van der Waals surface area contributed by atoms with Crippen LogP contribution in [0.25, 0.3) is 0 Å². The minimum Gasteiger partial charge on any atom is -0.326 e. The summed E-state index contributed by atoms with van der Waals surface area (Å²) in [6.07, 6.45) is 4.24. The number of carbonyl (C=O) groups excluding carboxylic acids is 1. The highest BCUT2D eigenvalue weighted by molar-refractivity contribution is 5.92. The molecule has 0 radical (unpaired) electrons. The molecule has 0 aliphatic heterocycles. The zero-order valence-corrected chi connectivity index (χ0v) is 8.50. The SMILES string of the molecule is O=C(Nc1ccc(F)cc1)C1CCCC1.